The third kappa shape index (κ3) is 4.71. The van der Waals surface area contributed by atoms with Crippen molar-refractivity contribution in [1.82, 2.24) is 9.78 Å². The third-order valence-corrected chi connectivity index (χ3v) is 6.86. The fourth-order valence-corrected chi connectivity index (χ4v) is 4.97. The van der Waals surface area contributed by atoms with Gasteiger partial charge in [-0.1, -0.05) is 36.6 Å². The molecule has 3 aromatic rings. The van der Waals surface area contributed by atoms with Crippen LogP contribution in [0.5, 0.6) is 0 Å². The molecule has 4 rings (SSSR count). The maximum Gasteiger partial charge on any atom is 0.248 e. The molecular formula is C26H28ClFN4O2. The molecule has 1 heterocycles. The molecule has 2 amide bonds. The van der Waals surface area contributed by atoms with Crippen LogP contribution in [0.25, 0.3) is 0 Å². The minimum Gasteiger partial charge on any atom is -0.325 e. The lowest BCUT2D eigenvalue weighted by atomic mass is 9.78. The van der Waals surface area contributed by atoms with Gasteiger partial charge in [0.1, 0.15) is 11.9 Å². The molecule has 1 atom stereocenters. The molecule has 2 aromatic carbocycles. The molecule has 0 radical (unpaired) electrons. The molecule has 1 unspecified atom stereocenters. The Kier molecular flexibility index (Phi) is 6.75. The second-order valence-corrected chi connectivity index (χ2v) is 9.39. The Morgan fingerprint density at radius 1 is 1.09 bits per heavy atom. The van der Waals surface area contributed by atoms with Crippen LogP contribution >= 0.6 is 11.6 Å². The van der Waals surface area contributed by atoms with Gasteiger partial charge in [0, 0.05) is 11.4 Å². The summed E-state index contributed by atoms with van der Waals surface area (Å²) in [6.07, 6.45) is 3.13. The minimum absolute atomic E-state index is 0.179. The second-order valence-electron chi connectivity index (χ2n) is 8.99. The molecule has 0 aliphatic heterocycles. The summed E-state index contributed by atoms with van der Waals surface area (Å²) in [6, 6.07) is 12.6. The smallest absolute Gasteiger partial charge is 0.248 e. The summed E-state index contributed by atoms with van der Waals surface area (Å²) in [6.45, 7) is 5.54. The van der Waals surface area contributed by atoms with Crippen LogP contribution in [0.2, 0.25) is 5.02 Å². The summed E-state index contributed by atoms with van der Waals surface area (Å²) >= 11 is 6.44. The number of benzene rings is 2. The molecule has 6 nitrogen and oxygen atoms in total. The van der Waals surface area contributed by atoms with E-state index in [1.807, 2.05) is 26.0 Å². The number of aromatic nitrogens is 2. The van der Waals surface area contributed by atoms with Gasteiger partial charge in [-0.05, 0) is 75.6 Å². The Morgan fingerprint density at radius 2 is 1.82 bits per heavy atom. The zero-order valence-corrected chi connectivity index (χ0v) is 20.2. The predicted molar refractivity (Wildman–Crippen MR) is 132 cm³/mol. The van der Waals surface area contributed by atoms with Crippen LogP contribution < -0.4 is 10.6 Å². The highest BCUT2D eigenvalue weighted by Crippen LogP contribution is 2.42. The van der Waals surface area contributed by atoms with Crippen molar-refractivity contribution in [1.29, 1.82) is 0 Å². The first kappa shape index (κ1) is 24.0. The number of anilines is 2. The summed E-state index contributed by atoms with van der Waals surface area (Å²) < 4.78 is 15.5. The zero-order chi connectivity index (χ0) is 24.5. The SMILES string of the molecule is Cc1cc(C)n(C(C)C(=O)Nc2ccc(NC(=O)C3(c4cccc(F)c4)CCCC3)cc2Cl)n1. The highest BCUT2D eigenvalue weighted by molar-refractivity contribution is 6.34. The fraction of sp³-hybridized carbons (Fsp3) is 0.346. The predicted octanol–water partition coefficient (Wildman–Crippen LogP) is 5.94. The number of carbonyl (C=O) groups is 2. The van der Waals surface area contributed by atoms with Crippen molar-refractivity contribution < 1.29 is 14.0 Å². The van der Waals surface area contributed by atoms with E-state index in [1.165, 1.54) is 12.1 Å². The van der Waals surface area contributed by atoms with Gasteiger partial charge in [0.25, 0.3) is 0 Å². The molecule has 1 aliphatic carbocycles. The van der Waals surface area contributed by atoms with Crippen molar-refractivity contribution in [3.8, 4) is 0 Å². The van der Waals surface area contributed by atoms with Gasteiger partial charge in [0.05, 0.1) is 21.8 Å². The Labute approximate surface area is 203 Å². The lowest BCUT2D eigenvalue weighted by Crippen LogP contribution is -2.38. The largest absolute Gasteiger partial charge is 0.325 e. The summed E-state index contributed by atoms with van der Waals surface area (Å²) in [4.78, 5) is 26.1. The highest BCUT2D eigenvalue weighted by Gasteiger charge is 2.43. The van der Waals surface area contributed by atoms with E-state index in [9.17, 15) is 14.0 Å². The second kappa shape index (κ2) is 9.58. The first-order chi connectivity index (χ1) is 16.2. The fourth-order valence-electron chi connectivity index (χ4n) is 4.74. The van der Waals surface area contributed by atoms with E-state index in [0.29, 0.717) is 34.8 Å². The number of carbonyl (C=O) groups excluding carboxylic acids is 2. The van der Waals surface area contributed by atoms with Crippen molar-refractivity contribution in [2.45, 2.75) is 57.9 Å². The van der Waals surface area contributed by atoms with Gasteiger partial charge in [-0.3, -0.25) is 14.3 Å². The number of aryl methyl sites for hydroxylation is 2. The van der Waals surface area contributed by atoms with E-state index in [4.69, 9.17) is 11.6 Å². The van der Waals surface area contributed by atoms with Gasteiger partial charge in [0.2, 0.25) is 11.8 Å². The van der Waals surface area contributed by atoms with Gasteiger partial charge in [-0.2, -0.15) is 5.10 Å². The van der Waals surface area contributed by atoms with Crippen LogP contribution in [0, 0.1) is 19.7 Å². The van der Waals surface area contributed by atoms with Crippen molar-refractivity contribution in [2.75, 3.05) is 10.6 Å². The van der Waals surface area contributed by atoms with Crippen LogP contribution in [-0.4, -0.2) is 21.6 Å². The molecule has 1 fully saturated rings. The summed E-state index contributed by atoms with van der Waals surface area (Å²) in [7, 11) is 0. The molecular weight excluding hydrogens is 455 g/mol. The summed E-state index contributed by atoms with van der Waals surface area (Å²) in [5, 5.41) is 10.5. The quantitative estimate of drug-likeness (QED) is 0.456. The van der Waals surface area contributed by atoms with Crippen molar-refractivity contribution in [2.24, 2.45) is 0 Å². The van der Waals surface area contributed by atoms with Crippen molar-refractivity contribution in [3.63, 3.8) is 0 Å². The molecule has 0 saturated heterocycles. The molecule has 0 bridgehead atoms. The third-order valence-electron chi connectivity index (χ3n) is 6.54. The van der Waals surface area contributed by atoms with E-state index in [-0.39, 0.29) is 17.6 Å². The Balaban J connectivity index is 1.49. The first-order valence-electron chi connectivity index (χ1n) is 11.4. The molecule has 8 heteroatoms. The number of hydrogen-bond acceptors (Lipinski definition) is 3. The van der Waals surface area contributed by atoms with Crippen LogP contribution in [0.3, 0.4) is 0 Å². The van der Waals surface area contributed by atoms with Crippen molar-refractivity contribution in [3.05, 3.63) is 76.3 Å². The average molecular weight is 483 g/mol. The lowest BCUT2D eigenvalue weighted by molar-refractivity contribution is -0.121. The molecule has 1 aromatic heterocycles. The number of halogens is 2. The van der Waals surface area contributed by atoms with E-state index in [2.05, 4.69) is 15.7 Å². The van der Waals surface area contributed by atoms with Crippen LogP contribution in [0.4, 0.5) is 15.8 Å². The number of nitrogens with zero attached hydrogens (tertiary/aromatic N) is 2. The molecule has 1 aliphatic rings. The number of amides is 2. The highest BCUT2D eigenvalue weighted by atomic mass is 35.5. The van der Waals surface area contributed by atoms with Gasteiger partial charge in [-0.25, -0.2) is 4.39 Å². The maximum atomic E-state index is 13.9. The number of hydrogen-bond donors (Lipinski definition) is 2. The monoisotopic (exact) mass is 482 g/mol. The normalized spacial score (nSPS) is 15.7. The van der Waals surface area contributed by atoms with E-state index in [0.717, 1.165) is 24.2 Å². The topological polar surface area (TPSA) is 76.0 Å². The van der Waals surface area contributed by atoms with Crippen molar-refractivity contribution >= 4 is 34.8 Å². The summed E-state index contributed by atoms with van der Waals surface area (Å²) in [5.74, 6) is -0.781. The van der Waals surface area contributed by atoms with E-state index < -0.39 is 11.5 Å². The minimum atomic E-state index is -0.767. The Morgan fingerprint density at radius 3 is 2.44 bits per heavy atom. The Bertz CT molecular complexity index is 1230. The molecule has 178 valence electrons. The maximum absolute atomic E-state index is 13.9. The first-order valence-corrected chi connectivity index (χ1v) is 11.8. The summed E-state index contributed by atoms with van der Waals surface area (Å²) in [5.41, 5.74) is 2.62. The number of rotatable bonds is 6. The van der Waals surface area contributed by atoms with Gasteiger partial charge < -0.3 is 10.6 Å². The van der Waals surface area contributed by atoms with Gasteiger partial charge >= 0.3 is 0 Å². The molecule has 0 spiro atoms. The van der Waals surface area contributed by atoms with Gasteiger partial charge in [-0.15, -0.1) is 0 Å². The standard InChI is InChI=1S/C26H28ClFN4O2/c1-16-13-17(2)32(31-16)18(3)24(33)30-23-10-9-21(15-22(23)27)29-25(34)26(11-4-5-12-26)19-7-6-8-20(28)14-19/h6-10,13-15,18H,4-5,11-12H2,1-3H3,(H,29,34)(H,30,33). The Hall–Kier alpha value is -3.19. The molecule has 2 N–H and O–H groups in total. The lowest BCUT2D eigenvalue weighted by Gasteiger charge is -2.28. The van der Waals surface area contributed by atoms with Crippen LogP contribution in [-0.2, 0) is 15.0 Å². The molecule has 1 saturated carbocycles. The van der Waals surface area contributed by atoms with Crippen LogP contribution in [0.15, 0.2) is 48.5 Å². The van der Waals surface area contributed by atoms with E-state index >= 15 is 0 Å². The molecule has 34 heavy (non-hydrogen) atoms. The van der Waals surface area contributed by atoms with E-state index in [1.54, 1.807) is 35.9 Å². The zero-order valence-electron chi connectivity index (χ0n) is 19.5. The average Bonchev–Trinajstić information content (AvgIpc) is 3.42. The number of nitrogens with one attached hydrogen (secondary N) is 2. The van der Waals surface area contributed by atoms with Gasteiger partial charge in [0.15, 0.2) is 0 Å². The van der Waals surface area contributed by atoms with Crippen LogP contribution in [0.1, 0.15) is 55.6 Å².